The van der Waals surface area contributed by atoms with E-state index in [1.54, 1.807) is 12.4 Å². The van der Waals surface area contributed by atoms with Crippen molar-refractivity contribution in [2.24, 2.45) is 0 Å². The molecule has 0 amide bonds. The smallest absolute Gasteiger partial charge is 0.181 e. The van der Waals surface area contributed by atoms with Crippen molar-refractivity contribution in [3.8, 4) is 0 Å². The van der Waals surface area contributed by atoms with Crippen molar-refractivity contribution >= 4 is 0 Å². The molecule has 0 radical (unpaired) electrons. The fraction of sp³-hybridized carbons (Fsp3) is 0.0833. The largest absolute Gasteiger partial charge is 0.410 e. The van der Waals surface area contributed by atoms with E-state index in [0.29, 0.717) is 6.61 Å². The Kier molecular flexibility index (Phi) is 2.83. The van der Waals surface area contributed by atoms with Crippen LogP contribution in [0.25, 0.3) is 0 Å². The summed E-state index contributed by atoms with van der Waals surface area (Å²) in [6, 6.07) is 12.8. The molecule has 0 aliphatic carbocycles. The molecule has 3 heteroatoms. The Morgan fingerprint density at radius 1 is 1.00 bits per heavy atom. The van der Waals surface area contributed by atoms with Crippen LogP contribution in [0.15, 0.2) is 59.7 Å². The molecule has 0 atom stereocenters. The van der Waals surface area contributed by atoms with Gasteiger partial charge in [0.15, 0.2) is 5.43 Å². The van der Waals surface area contributed by atoms with Crippen molar-refractivity contribution in [1.29, 1.82) is 0 Å². The number of hydrogen-bond acceptors (Lipinski definition) is 2. The SMILES string of the molecule is O=c1ccn(OCc2ccccc2)cc1. The highest BCUT2D eigenvalue weighted by Crippen LogP contribution is 1.98. The average molecular weight is 201 g/mol. The molecule has 0 saturated carbocycles. The molecule has 0 aliphatic rings. The van der Waals surface area contributed by atoms with Gasteiger partial charge in [0.25, 0.3) is 0 Å². The molecule has 1 aromatic carbocycles. The van der Waals surface area contributed by atoms with Gasteiger partial charge in [-0.05, 0) is 5.56 Å². The lowest BCUT2D eigenvalue weighted by Crippen LogP contribution is -2.12. The van der Waals surface area contributed by atoms with Gasteiger partial charge in [0.1, 0.15) is 6.61 Å². The van der Waals surface area contributed by atoms with Crippen molar-refractivity contribution in [2.75, 3.05) is 0 Å². The van der Waals surface area contributed by atoms with Crippen LogP contribution in [-0.2, 0) is 6.61 Å². The van der Waals surface area contributed by atoms with Crippen LogP contribution in [0, 0.1) is 0 Å². The van der Waals surface area contributed by atoms with Gasteiger partial charge < -0.3 is 4.84 Å². The lowest BCUT2D eigenvalue weighted by Gasteiger charge is -2.07. The Morgan fingerprint density at radius 3 is 2.33 bits per heavy atom. The van der Waals surface area contributed by atoms with Crippen LogP contribution >= 0.6 is 0 Å². The van der Waals surface area contributed by atoms with Gasteiger partial charge in [-0.15, -0.1) is 0 Å². The Labute approximate surface area is 87.5 Å². The summed E-state index contributed by atoms with van der Waals surface area (Å²) in [5.74, 6) is 0. The van der Waals surface area contributed by atoms with Crippen molar-refractivity contribution in [1.82, 2.24) is 4.73 Å². The molecule has 0 aliphatic heterocycles. The second-order valence-corrected chi connectivity index (χ2v) is 3.15. The first-order chi connectivity index (χ1) is 7.34. The zero-order valence-electron chi connectivity index (χ0n) is 8.17. The minimum absolute atomic E-state index is 0.0189. The van der Waals surface area contributed by atoms with E-state index in [2.05, 4.69) is 0 Å². The van der Waals surface area contributed by atoms with E-state index >= 15 is 0 Å². The van der Waals surface area contributed by atoms with E-state index in [9.17, 15) is 4.79 Å². The van der Waals surface area contributed by atoms with Crippen LogP contribution in [0.1, 0.15) is 5.56 Å². The van der Waals surface area contributed by atoms with E-state index in [0.717, 1.165) is 5.56 Å². The van der Waals surface area contributed by atoms with Gasteiger partial charge in [0, 0.05) is 24.5 Å². The first-order valence-electron chi connectivity index (χ1n) is 4.70. The van der Waals surface area contributed by atoms with Crippen LogP contribution in [0.3, 0.4) is 0 Å². The number of hydrogen-bond donors (Lipinski definition) is 0. The number of rotatable bonds is 3. The summed E-state index contributed by atoms with van der Waals surface area (Å²) in [7, 11) is 0. The number of benzene rings is 1. The summed E-state index contributed by atoms with van der Waals surface area (Å²) in [4.78, 5) is 16.3. The van der Waals surface area contributed by atoms with Crippen LogP contribution in [0.2, 0.25) is 0 Å². The van der Waals surface area contributed by atoms with Crippen molar-refractivity contribution in [3.05, 3.63) is 70.6 Å². The quantitative estimate of drug-likeness (QED) is 0.753. The summed E-state index contributed by atoms with van der Waals surface area (Å²) in [6.45, 7) is 0.490. The van der Waals surface area contributed by atoms with Crippen molar-refractivity contribution in [2.45, 2.75) is 6.61 Å². The van der Waals surface area contributed by atoms with E-state index in [-0.39, 0.29) is 5.43 Å². The molecule has 0 bridgehead atoms. The Morgan fingerprint density at radius 2 is 1.67 bits per heavy atom. The summed E-state index contributed by atoms with van der Waals surface area (Å²) in [5, 5.41) is 0. The maximum Gasteiger partial charge on any atom is 0.181 e. The average Bonchev–Trinajstić information content (AvgIpc) is 2.30. The van der Waals surface area contributed by atoms with Crippen molar-refractivity contribution < 1.29 is 4.84 Å². The summed E-state index contributed by atoms with van der Waals surface area (Å²) >= 11 is 0. The van der Waals surface area contributed by atoms with Gasteiger partial charge in [-0.1, -0.05) is 30.3 Å². The Balaban J connectivity index is 1.99. The fourth-order valence-corrected chi connectivity index (χ4v) is 1.21. The standard InChI is InChI=1S/C12H11NO2/c14-12-6-8-13(9-7-12)15-10-11-4-2-1-3-5-11/h1-9H,10H2. The van der Waals surface area contributed by atoms with Gasteiger partial charge in [-0.25, -0.2) is 0 Å². The molecule has 1 heterocycles. The molecule has 3 nitrogen and oxygen atoms in total. The second-order valence-electron chi connectivity index (χ2n) is 3.15. The van der Waals surface area contributed by atoms with E-state index < -0.39 is 0 Å². The lowest BCUT2D eigenvalue weighted by atomic mass is 10.2. The zero-order valence-corrected chi connectivity index (χ0v) is 8.17. The number of nitrogens with zero attached hydrogens (tertiary/aromatic N) is 1. The first-order valence-corrected chi connectivity index (χ1v) is 4.70. The fourth-order valence-electron chi connectivity index (χ4n) is 1.21. The molecule has 2 rings (SSSR count). The van der Waals surface area contributed by atoms with E-state index in [1.807, 2.05) is 30.3 Å². The minimum atomic E-state index is -0.0189. The molecule has 2 aromatic rings. The van der Waals surface area contributed by atoms with E-state index in [4.69, 9.17) is 4.84 Å². The molecular formula is C12H11NO2. The zero-order chi connectivity index (χ0) is 10.5. The minimum Gasteiger partial charge on any atom is -0.410 e. The van der Waals surface area contributed by atoms with Gasteiger partial charge in [0.05, 0.1) is 0 Å². The molecule has 0 saturated heterocycles. The molecule has 0 spiro atoms. The molecule has 0 fully saturated rings. The molecule has 1 aromatic heterocycles. The molecular weight excluding hydrogens is 190 g/mol. The monoisotopic (exact) mass is 201 g/mol. The molecule has 15 heavy (non-hydrogen) atoms. The Bertz CT molecular complexity index is 456. The van der Waals surface area contributed by atoms with Gasteiger partial charge in [-0.3, -0.25) is 4.79 Å². The predicted octanol–water partition coefficient (Wildman–Crippen LogP) is 1.48. The third-order valence-corrected chi connectivity index (χ3v) is 1.99. The third kappa shape index (κ3) is 2.71. The summed E-state index contributed by atoms with van der Waals surface area (Å²) in [6.07, 6.45) is 3.20. The number of pyridine rings is 1. The third-order valence-electron chi connectivity index (χ3n) is 1.99. The van der Waals surface area contributed by atoms with Crippen LogP contribution in [0.5, 0.6) is 0 Å². The maximum absolute atomic E-state index is 10.8. The summed E-state index contributed by atoms with van der Waals surface area (Å²) in [5.41, 5.74) is 1.07. The highest BCUT2D eigenvalue weighted by Gasteiger charge is 1.92. The van der Waals surface area contributed by atoms with Gasteiger partial charge >= 0.3 is 0 Å². The second kappa shape index (κ2) is 4.46. The predicted molar refractivity (Wildman–Crippen MR) is 57.4 cm³/mol. The maximum atomic E-state index is 10.8. The Hall–Kier alpha value is -2.03. The highest BCUT2D eigenvalue weighted by atomic mass is 16.7. The van der Waals surface area contributed by atoms with Crippen LogP contribution < -0.4 is 10.3 Å². The topological polar surface area (TPSA) is 31.2 Å². The molecule has 76 valence electrons. The summed E-state index contributed by atoms with van der Waals surface area (Å²) < 4.78 is 1.52. The lowest BCUT2D eigenvalue weighted by molar-refractivity contribution is 0.0958. The van der Waals surface area contributed by atoms with Crippen molar-refractivity contribution in [3.63, 3.8) is 0 Å². The first kappa shape index (κ1) is 9.52. The highest BCUT2D eigenvalue weighted by molar-refractivity contribution is 5.13. The van der Waals surface area contributed by atoms with E-state index in [1.165, 1.54) is 16.9 Å². The van der Waals surface area contributed by atoms with Crippen LogP contribution in [-0.4, -0.2) is 4.73 Å². The van der Waals surface area contributed by atoms with Gasteiger partial charge in [-0.2, -0.15) is 4.73 Å². The molecule has 0 unspecified atom stereocenters. The molecule has 0 N–H and O–H groups in total. The van der Waals surface area contributed by atoms with Crippen LogP contribution in [0.4, 0.5) is 0 Å². The number of aromatic nitrogens is 1. The normalized spacial score (nSPS) is 9.87. The van der Waals surface area contributed by atoms with Gasteiger partial charge in [0.2, 0.25) is 0 Å².